The molecule has 0 spiro atoms. The Morgan fingerprint density at radius 3 is 1.95 bits per heavy atom. The van der Waals surface area contributed by atoms with E-state index < -0.39 is 0 Å². The SMILES string of the molecule is CCCCC=CC=C(O)C1CCCCCCCCCCC1. The molecule has 1 aliphatic carbocycles. The molecule has 1 fully saturated rings. The monoisotopic (exact) mass is 292 g/mol. The van der Waals surface area contributed by atoms with Gasteiger partial charge in [-0.05, 0) is 25.3 Å². The summed E-state index contributed by atoms with van der Waals surface area (Å²) in [5.41, 5.74) is 0. The van der Waals surface area contributed by atoms with Crippen LogP contribution in [0.25, 0.3) is 0 Å². The molecule has 0 bridgehead atoms. The topological polar surface area (TPSA) is 20.2 Å². The van der Waals surface area contributed by atoms with Gasteiger partial charge in [0.15, 0.2) is 0 Å². The zero-order valence-corrected chi connectivity index (χ0v) is 14.2. The number of aliphatic hydroxyl groups is 1. The Labute approximate surface area is 132 Å². The number of unbranched alkanes of at least 4 members (excludes halogenated alkanes) is 2. The summed E-state index contributed by atoms with van der Waals surface area (Å²) in [6, 6.07) is 0. The second kappa shape index (κ2) is 13.0. The minimum Gasteiger partial charge on any atom is -0.512 e. The lowest BCUT2D eigenvalue weighted by Crippen LogP contribution is -2.05. The average Bonchev–Trinajstić information content (AvgIpc) is 2.47. The van der Waals surface area contributed by atoms with Gasteiger partial charge in [0.2, 0.25) is 0 Å². The van der Waals surface area contributed by atoms with Crippen LogP contribution < -0.4 is 0 Å². The molecule has 1 aliphatic rings. The van der Waals surface area contributed by atoms with Gasteiger partial charge in [-0.15, -0.1) is 0 Å². The Kier molecular flexibility index (Phi) is 11.3. The first-order chi connectivity index (χ1) is 10.3. The van der Waals surface area contributed by atoms with Crippen LogP contribution in [0.3, 0.4) is 0 Å². The Bertz CT molecular complexity index is 278. The van der Waals surface area contributed by atoms with E-state index in [4.69, 9.17) is 0 Å². The third kappa shape index (κ3) is 9.77. The first-order valence-electron chi connectivity index (χ1n) is 9.40. The Hall–Kier alpha value is -0.720. The molecule has 0 heterocycles. The fourth-order valence-electron chi connectivity index (χ4n) is 3.18. The van der Waals surface area contributed by atoms with Crippen molar-refractivity contribution in [2.45, 2.75) is 96.8 Å². The molecule has 0 aliphatic heterocycles. The highest BCUT2D eigenvalue weighted by atomic mass is 16.3. The van der Waals surface area contributed by atoms with E-state index in [1.807, 2.05) is 6.08 Å². The van der Waals surface area contributed by atoms with Crippen LogP contribution in [0, 0.1) is 5.92 Å². The van der Waals surface area contributed by atoms with Crippen LogP contribution in [0.4, 0.5) is 0 Å². The third-order valence-electron chi connectivity index (χ3n) is 4.65. The van der Waals surface area contributed by atoms with E-state index in [0.717, 1.165) is 6.42 Å². The van der Waals surface area contributed by atoms with Gasteiger partial charge in [0.1, 0.15) is 0 Å². The molecular weight excluding hydrogens is 256 g/mol. The summed E-state index contributed by atoms with van der Waals surface area (Å²) in [7, 11) is 0. The number of allylic oxidation sites excluding steroid dienone is 4. The molecule has 0 aromatic carbocycles. The van der Waals surface area contributed by atoms with Crippen molar-refractivity contribution < 1.29 is 5.11 Å². The summed E-state index contributed by atoms with van der Waals surface area (Å²) in [5, 5.41) is 10.3. The van der Waals surface area contributed by atoms with Gasteiger partial charge in [-0.2, -0.15) is 0 Å². The van der Waals surface area contributed by atoms with Crippen molar-refractivity contribution in [3.8, 4) is 0 Å². The molecule has 122 valence electrons. The molecule has 1 heteroatoms. The van der Waals surface area contributed by atoms with Gasteiger partial charge in [0.05, 0.1) is 5.76 Å². The molecule has 0 saturated heterocycles. The molecule has 21 heavy (non-hydrogen) atoms. The van der Waals surface area contributed by atoms with Crippen molar-refractivity contribution in [2.75, 3.05) is 0 Å². The molecule has 0 aromatic rings. The molecule has 0 unspecified atom stereocenters. The van der Waals surface area contributed by atoms with Crippen LogP contribution >= 0.6 is 0 Å². The zero-order chi connectivity index (χ0) is 15.2. The zero-order valence-electron chi connectivity index (χ0n) is 14.2. The highest BCUT2D eigenvalue weighted by Gasteiger charge is 2.13. The fourth-order valence-corrected chi connectivity index (χ4v) is 3.18. The van der Waals surface area contributed by atoms with Crippen LogP contribution in [0.2, 0.25) is 0 Å². The quantitative estimate of drug-likeness (QED) is 0.325. The average molecular weight is 293 g/mol. The Balaban J connectivity index is 2.41. The van der Waals surface area contributed by atoms with Crippen molar-refractivity contribution in [2.24, 2.45) is 5.92 Å². The molecular formula is C20H36O. The van der Waals surface area contributed by atoms with Crippen LogP contribution in [-0.4, -0.2) is 5.11 Å². The van der Waals surface area contributed by atoms with E-state index in [-0.39, 0.29) is 0 Å². The van der Waals surface area contributed by atoms with Crippen LogP contribution in [0.1, 0.15) is 96.8 Å². The van der Waals surface area contributed by atoms with Crippen LogP contribution in [-0.2, 0) is 0 Å². The van der Waals surface area contributed by atoms with E-state index in [9.17, 15) is 5.11 Å². The van der Waals surface area contributed by atoms with E-state index in [1.165, 1.54) is 83.5 Å². The Morgan fingerprint density at radius 1 is 0.905 bits per heavy atom. The summed E-state index contributed by atoms with van der Waals surface area (Å²) in [6.07, 6.45) is 24.4. The van der Waals surface area contributed by atoms with Gasteiger partial charge in [-0.1, -0.05) is 89.7 Å². The second-order valence-corrected chi connectivity index (χ2v) is 6.62. The van der Waals surface area contributed by atoms with Gasteiger partial charge in [-0.25, -0.2) is 0 Å². The number of hydrogen-bond donors (Lipinski definition) is 1. The summed E-state index contributed by atoms with van der Waals surface area (Å²) >= 11 is 0. The van der Waals surface area contributed by atoms with Gasteiger partial charge in [-0.3, -0.25) is 0 Å². The molecule has 1 rings (SSSR count). The van der Waals surface area contributed by atoms with Crippen molar-refractivity contribution in [1.82, 2.24) is 0 Å². The number of aliphatic hydroxyl groups excluding tert-OH is 1. The third-order valence-corrected chi connectivity index (χ3v) is 4.65. The second-order valence-electron chi connectivity index (χ2n) is 6.62. The summed E-state index contributed by atoms with van der Waals surface area (Å²) in [5.74, 6) is 1.03. The predicted molar refractivity (Wildman–Crippen MR) is 93.7 cm³/mol. The van der Waals surface area contributed by atoms with Crippen LogP contribution in [0.5, 0.6) is 0 Å². The molecule has 1 saturated carbocycles. The molecule has 1 N–H and O–H groups in total. The first-order valence-corrected chi connectivity index (χ1v) is 9.40. The lowest BCUT2D eigenvalue weighted by Gasteiger charge is -2.17. The van der Waals surface area contributed by atoms with Crippen molar-refractivity contribution in [3.05, 3.63) is 24.0 Å². The van der Waals surface area contributed by atoms with Gasteiger partial charge in [0.25, 0.3) is 0 Å². The summed E-state index contributed by atoms with van der Waals surface area (Å²) < 4.78 is 0. The van der Waals surface area contributed by atoms with E-state index >= 15 is 0 Å². The minimum absolute atomic E-state index is 0.403. The highest BCUT2D eigenvalue weighted by molar-refractivity contribution is 5.09. The smallest absolute Gasteiger partial charge is 0.0953 e. The molecule has 0 aromatic heterocycles. The normalized spacial score (nSPS) is 21.1. The van der Waals surface area contributed by atoms with E-state index in [1.54, 1.807) is 0 Å². The summed E-state index contributed by atoms with van der Waals surface area (Å²) in [6.45, 7) is 2.21. The standard InChI is InChI=1S/C20H36O/c1-2-3-4-10-15-18-20(21)19-16-13-11-8-6-5-7-9-12-14-17-19/h10,15,18-19,21H,2-9,11-14,16-17H2,1H3. The largest absolute Gasteiger partial charge is 0.512 e. The molecule has 0 amide bonds. The fraction of sp³-hybridized carbons (Fsp3) is 0.800. The maximum atomic E-state index is 10.3. The first kappa shape index (κ1) is 18.3. The highest BCUT2D eigenvalue weighted by Crippen LogP contribution is 2.25. The van der Waals surface area contributed by atoms with Gasteiger partial charge in [0, 0.05) is 5.92 Å². The maximum absolute atomic E-state index is 10.3. The molecule has 0 radical (unpaired) electrons. The molecule has 1 nitrogen and oxygen atoms in total. The number of rotatable bonds is 5. The maximum Gasteiger partial charge on any atom is 0.0953 e. The molecule has 0 atom stereocenters. The number of hydrogen-bond acceptors (Lipinski definition) is 1. The summed E-state index contributed by atoms with van der Waals surface area (Å²) in [4.78, 5) is 0. The lowest BCUT2D eigenvalue weighted by molar-refractivity contribution is 0.294. The lowest BCUT2D eigenvalue weighted by atomic mass is 9.91. The van der Waals surface area contributed by atoms with Crippen molar-refractivity contribution in [1.29, 1.82) is 0 Å². The van der Waals surface area contributed by atoms with Gasteiger partial charge >= 0.3 is 0 Å². The van der Waals surface area contributed by atoms with E-state index in [2.05, 4.69) is 19.1 Å². The van der Waals surface area contributed by atoms with Crippen molar-refractivity contribution >= 4 is 0 Å². The van der Waals surface area contributed by atoms with Crippen LogP contribution in [0.15, 0.2) is 24.0 Å². The van der Waals surface area contributed by atoms with E-state index in [0.29, 0.717) is 11.7 Å². The van der Waals surface area contributed by atoms with Crippen molar-refractivity contribution in [3.63, 3.8) is 0 Å². The Morgan fingerprint density at radius 2 is 1.43 bits per heavy atom. The predicted octanol–water partition coefficient (Wildman–Crippen LogP) is 7.10. The van der Waals surface area contributed by atoms with Gasteiger partial charge < -0.3 is 5.11 Å². The minimum atomic E-state index is 0.403.